The molecule has 2 nitrogen and oxygen atoms in total. The van der Waals surface area contributed by atoms with E-state index >= 15 is 0 Å². The highest BCUT2D eigenvalue weighted by Crippen LogP contribution is 2.46. The van der Waals surface area contributed by atoms with Crippen LogP contribution in [0.1, 0.15) is 65.7 Å². The highest BCUT2D eigenvalue weighted by Gasteiger charge is 2.38. The summed E-state index contributed by atoms with van der Waals surface area (Å²) < 4.78 is 0. The molecule has 0 radical (unpaired) electrons. The van der Waals surface area contributed by atoms with Crippen LogP contribution in [0.2, 0.25) is 0 Å². The van der Waals surface area contributed by atoms with E-state index in [4.69, 9.17) is 0 Å². The van der Waals surface area contributed by atoms with Gasteiger partial charge < -0.3 is 10.2 Å². The smallest absolute Gasteiger partial charge is 0.00340 e. The van der Waals surface area contributed by atoms with Gasteiger partial charge in [-0.25, -0.2) is 0 Å². The van der Waals surface area contributed by atoms with Crippen molar-refractivity contribution < 1.29 is 0 Å². The molecule has 3 aliphatic rings. The maximum atomic E-state index is 3.39. The fourth-order valence-corrected chi connectivity index (χ4v) is 4.25. The first kappa shape index (κ1) is 16.3. The van der Waals surface area contributed by atoms with Crippen LogP contribution in [-0.4, -0.2) is 37.6 Å². The van der Waals surface area contributed by atoms with Crippen molar-refractivity contribution in [2.75, 3.05) is 32.7 Å². The van der Waals surface area contributed by atoms with E-state index < -0.39 is 0 Å². The summed E-state index contributed by atoms with van der Waals surface area (Å²) in [4.78, 5) is 2.74. The van der Waals surface area contributed by atoms with Crippen LogP contribution in [0.4, 0.5) is 0 Å². The minimum atomic E-state index is 0.764. The molecule has 0 aromatic rings. The van der Waals surface area contributed by atoms with Gasteiger partial charge in [-0.05, 0) is 68.9 Å². The predicted molar refractivity (Wildman–Crippen MR) is 88.1 cm³/mol. The number of nitrogens with one attached hydrogen (secondary N) is 1. The van der Waals surface area contributed by atoms with Crippen molar-refractivity contribution in [1.82, 2.24) is 10.2 Å². The number of hydrogen-bond acceptors (Lipinski definition) is 2. The third-order valence-corrected chi connectivity index (χ3v) is 6.04. The van der Waals surface area contributed by atoms with Crippen molar-refractivity contribution in [1.29, 1.82) is 0 Å². The van der Waals surface area contributed by atoms with Gasteiger partial charge in [0.2, 0.25) is 0 Å². The molecule has 118 valence electrons. The van der Waals surface area contributed by atoms with E-state index in [1.807, 2.05) is 13.8 Å². The maximum absolute atomic E-state index is 3.39. The van der Waals surface area contributed by atoms with E-state index in [0.29, 0.717) is 0 Å². The molecule has 0 bridgehead atoms. The van der Waals surface area contributed by atoms with Gasteiger partial charge in [-0.2, -0.15) is 0 Å². The summed E-state index contributed by atoms with van der Waals surface area (Å²) in [5.74, 6) is 2.00. The monoisotopic (exact) mass is 280 g/mol. The molecule has 2 heterocycles. The lowest BCUT2D eigenvalue weighted by Gasteiger charge is -2.47. The Labute approximate surface area is 126 Å². The fraction of sp³-hybridized carbons (Fsp3) is 1.00. The van der Waals surface area contributed by atoms with Crippen molar-refractivity contribution in [2.45, 2.75) is 65.7 Å². The van der Waals surface area contributed by atoms with Gasteiger partial charge in [0, 0.05) is 19.6 Å². The molecular formula is C18H36N2. The summed E-state index contributed by atoms with van der Waals surface area (Å²) in [5, 5.41) is 3.39. The Morgan fingerprint density at radius 2 is 1.55 bits per heavy atom. The molecule has 1 saturated carbocycles. The van der Waals surface area contributed by atoms with Gasteiger partial charge in [0.15, 0.2) is 0 Å². The minimum Gasteiger partial charge on any atom is -0.316 e. The van der Waals surface area contributed by atoms with Gasteiger partial charge in [-0.3, -0.25) is 0 Å². The van der Waals surface area contributed by atoms with E-state index in [2.05, 4.69) is 17.1 Å². The van der Waals surface area contributed by atoms with E-state index in [9.17, 15) is 0 Å². The standard InChI is InChI=1S/C16H30N2.C2H6/c1-2-14-3-5-16(6-4-14)7-9-18(10-8-16)13-15-11-17-12-15;1-2/h14-15,17H,2-13H2,1H3;1-2H3. The molecule has 1 spiro atoms. The number of likely N-dealkylation sites (tertiary alicyclic amines) is 1. The average Bonchev–Trinajstić information content (AvgIpc) is 2.48. The summed E-state index contributed by atoms with van der Waals surface area (Å²) in [6, 6.07) is 0. The first-order chi connectivity index (χ1) is 9.80. The molecule has 0 amide bonds. The van der Waals surface area contributed by atoms with E-state index in [1.165, 1.54) is 77.7 Å². The summed E-state index contributed by atoms with van der Waals surface area (Å²) in [7, 11) is 0. The first-order valence-electron chi connectivity index (χ1n) is 9.23. The number of nitrogens with zero attached hydrogens (tertiary/aromatic N) is 1. The second kappa shape index (κ2) is 7.79. The predicted octanol–water partition coefficient (Wildman–Crippen LogP) is 3.91. The Morgan fingerprint density at radius 1 is 0.950 bits per heavy atom. The number of rotatable bonds is 3. The van der Waals surface area contributed by atoms with Crippen LogP contribution < -0.4 is 5.32 Å². The fourth-order valence-electron chi connectivity index (χ4n) is 4.25. The van der Waals surface area contributed by atoms with Gasteiger partial charge in [-0.15, -0.1) is 0 Å². The number of piperidine rings is 1. The van der Waals surface area contributed by atoms with Crippen molar-refractivity contribution >= 4 is 0 Å². The molecule has 0 atom stereocenters. The van der Waals surface area contributed by atoms with Crippen LogP contribution in [0.25, 0.3) is 0 Å². The highest BCUT2D eigenvalue weighted by molar-refractivity contribution is 4.91. The normalized spacial score (nSPS) is 27.8. The SMILES string of the molecule is CC.CCC1CCC2(CC1)CCN(CC1CNC1)CC2. The summed E-state index contributed by atoms with van der Waals surface area (Å²) in [5.41, 5.74) is 0.764. The molecule has 20 heavy (non-hydrogen) atoms. The maximum Gasteiger partial charge on any atom is 0.00340 e. The molecule has 1 N–H and O–H groups in total. The van der Waals surface area contributed by atoms with Gasteiger partial charge >= 0.3 is 0 Å². The van der Waals surface area contributed by atoms with Crippen LogP contribution in [-0.2, 0) is 0 Å². The lowest BCUT2D eigenvalue weighted by atomic mass is 9.65. The Kier molecular flexibility index (Phi) is 6.35. The molecule has 0 aromatic carbocycles. The van der Waals surface area contributed by atoms with Crippen molar-refractivity contribution in [3.05, 3.63) is 0 Å². The third-order valence-electron chi connectivity index (χ3n) is 6.04. The van der Waals surface area contributed by atoms with Crippen LogP contribution in [0.15, 0.2) is 0 Å². The molecule has 0 aromatic heterocycles. The molecule has 3 fully saturated rings. The topological polar surface area (TPSA) is 15.3 Å². The molecule has 3 rings (SSSR count). The molecule has 2 heteroatoms. The largest absolute Gasteiger partial charge is 0.316 e. The van der Waals surface area contributed by atoms with Crippen molar-refractivity contribution in [3.63, 3.8) is 0 Å². The Balaban J connectivity index is 0.000000704. The second-order valence-electron chi connectivity index (χ2n) is 7.18. The third kappa shape index (κ3) is 3.98. The molecule has 1 aliphatic carbocycles. The minimum absolute atomic E-state index is 0.764. The van der Waals surface area contributed by atoms with Crippen LogP contribution in [0.3, 0.4) is 0 Å². The van der Waals surface area contributed by atoms with Gasteiger partial charge in [0.05, 0.1) is 0 Å². The summed E-state index contributed by atoms with van der Waals surface area (Å²) in [6.07, 6.45) is 10.5. The van der Waals surface area contributed by atoms with Crippen LogP contribution >= 0.6 is 0 Å². The first-order valence-corrected chi connectivity index (χ1v) is 9.23. The van der Waals surface area contributed by atoms with E-state index in [0.717, 1.165) is 17.3 Å². The molecule has 0 unspecified atom stereocenters. The van der Waals surface area contributed by atoms with Crippen LogP contribution in [0.5, 0.6) is 0 Å². The second-order valence-corrected chi connectivity index (χ2v) is 7.18. The van der Waals surface area contributed by atoms with Gasteiger partial charge in [0.1, 0.15) is 0 Å². The lowest BCUT2D eigenvalue weighted by Crippen LogP contribution is -2.51. The quantitative estimate of drug-likeness (QED) is 0.843. The Morgan fingerprint density at radius 3 is 2.00 bits per heavy atom. The zero-order valence-electron chi connectivity index (χ0n) is 14.1. The zero-order chi connectivity index (χ0) is 14.4. The van der Waals surface area contributed by atoms with Crippen LogP contribution in [0, 0.1) is 17.3 Å². The number of hydrogen-bond donors (Lipinski definition) is 1. The lowest BCUT2D eigenvalue weighted by molar-refractivity contribution is 0.0411. The molecule has 2 saturated heterocycles. The van der Waals surface area contributed by atoms with Crippen molar-refractivity contribution in [2.24, 2.45) is 17.3 Å². The summed E-state index contributed by atoms with van der Waals surface area (Å²) >= 11 is 0. The van der Waals surface area contributed by atoms with Gasteiger partial charge in [-0.1, -0.05) is 27.2 Å². The Bertz CT molecular complexity index is 255. The van der Waals surface area contributed by atoms with E-state index in [-0.39, 0.29) is 0 Å². The summed E-state index contributed by atoms with van der Waals surface area (Å²) in [6.45, 7) is 13.0. The molecular weight excluding hydrogens is 244 g/mol. The average molecular weight is 280 g/mol. The van der Waals surface area contributed by atoms with Gasteiger partial charge in [0.25, 0.3) is 0 Å². The van der Waals surface area contributed by atoms with E-state index in [1.54, 1.807) is 0 Å². The van der Waals surface area contributed by atoms with Crippen molar-refractivity contribution in [3.8, 4) is 0 Å². The zero-order valence-corrected chi connectivity index (χ0v) is 14.1. The highest BCUT2D eigenvalue weighted by atomic mass is 15.1. The Hall–Kier alpha value is -0.0800. The molecule has 2 aliphatic heterocycles.